The highest BCUT2D eigenvalue weighted by Crippen LogP contribution is 2.26. The maximum Gasteiger partial charge on any atom is 0.273 e. The van der Waals surface area contributed by atoms with E-state index in [0.717, 1.165) is 16.7 Å². The Bertz CT molecular complexity index is 843. The molecule has 0 spiro atoms. The monoisotopic (exact) mass is 347 g/mol. The largest absolute Gasteiger partial charge is 0.447 e. The summed E-state index contributed by atoms with van der Waals surface area (Å²) in [4.78, 5) is 20.4. The molecule has 1 N–H and O–H groups in total. The molecule has 0 aliphatic carbocycles. The van der Waals surface area contributed by atoms with Crippen LogP contribution in [0, 0.1) is 6.92 Å². The lowest BCUT2D eigenvalue weighted by Gasteiger charge is -2.00. The molecule has 0 bridgehead atoms. The van der Waals surface area contributed by atoms with Crippen molar-refractivity contribution in [1.29, 1.82) is 0 Å². The highest BCUT2D eigenvalue weighted by molar-refractivity contribution is 7.98. The van der Waals surface area contributed by atoms with Gasteiger partial charge in [-0.25, -0.2) is 9.97 Å². The zero-order valence-corrected chi connectivity index (χ0v) is 14.2. The average molecular weight is 347 g/mol. The lowest BCUT2D eigenvalue weighted by atomic mass is 10.2. The van der Waals surface area contributed by atoms with Crippen LogP contribution in [0.1, 0.15) is 21.9 Å². The minimum absolute atomic E-state index is 0.245. The van der Waals surface area contributed by atoms with E-state index in [1.54, 1.807) is 7.11 Å². The van der Waals surface area contributed by atoms with Crippen LogP contribution in [0.3, 0.4) is 0 Å². The number of amides is 1. The average Bonchev–Trinajstić information content (AvgIpc) is 3.19. The number of aromatic nitrogens is 2. The van der Waals surface area contributed by atoms with E-state index in [4.69, 9.17) is 13.6 Å². The first-order valence-corrected chi connectivity index (χ1v) is 8.36. The number of ether oxygens (including phenoxy) is 1. The van der Waals surface area contributed by atoms with E-state index >= 15 is 0 Å². The van der Waals surface area contributed by atoms with Crippen LogP contribution in [0.2, 0.25) is 0 Å². The number of benzene rings is 1. The van der Waals surface area contributed by atoms with Gasteiger partial charge in [-0.3, -0.25) is 4.79 Å². The van der Waals surface area contributed by atoms with Crippen LogP contribution in [0.4, 0.5) is 0 Å². The van der Waals surface area contributed by atoms with Crippen molar-refractivity contribution in [3.8, 4) is 0 Å². The molecule has 1 aromatic carbocycles. The summed E-state index contributed by atoms with van der Waals surface area (Å²) in [5.41, 5.74) is 2.94. The Morgan fingerprint density at radius 1 is 1.38 bits per heavy atom. The fraction of sp³-hybridized carbons (Fsp3) is 0.312. The van der Waals surface area contributed by atoms with Crippen LogP contribution >= 0.6 is 11.8 Å². The van der Waals surface area contributed by atoms with Crippen LogP contribution in [0.25, 0.3) is 11.1 Å². The Morgan fingerprint density at radius 3 is 3.08 bits per heavy atom. The van der Waals surface area contributed by atoms with Crippen molar-refractivity contribution in [2.75, 3.05) is 20.3 Å². The summed E-state index contributed by atoms with van der Waals surface area (Å²) < 4.78 is 15.8. The van der Waals surface area contributed by atoms with Gasteiger partial charge in [0.2, 0.25) is 5.89 Å². The Kier molecular flexibility index (Phi) is 5.17. The van der Waals surface area contributed by atoms with E-state index in [1.807, 2.05) is 25.1 Å². The lowest BCUT2D eigenvalue weighted by Crippen LogP contribution is -2.27. The predicted molar refractivity (Wildman–Crippen MR) is 89.0 cm³/mol. The Labute approximate surface area is 142 Å². The van der Waals surface area contributed by atoms with Crippen molar-refractivity contribution in [2.45, 2.75) is 17.9 Å². The molecule has 0 saturated carbocycles. The summed E-state index contributed by atoms with van der Waals surface area (Å²) in [6.45, 7) is 2.88. The summed E-state index contributed by atoms with van der Waals surface area (Å²) in [5, 5.41) is 3.23. The second kappa shape index (κ2) is 7.50. The standard InChI is InChI=1S/C16H17N3O4S/c1-10-3-4-13-11(7-10)19-16(23-13)24-9-14-18-12(8-22-14)15(20)17-5-6-21-2/h3-4,7-8H,5-6,9H2,1-2H3,(H,17,20). The van der Waals surface area contributed by atoms with Gasteiger partial charge < -0.3 is 18.9 Å². The number of fused-ring (bicyclic) bond motifs is 1. The Hall–Kier alpha value is -2.32. The second-order valence-corrected chi connectivity index (χ2v) is 6.04. The molecule has 3 rings (SSSR count). The third-order valence-corrected chi connectivity index (χ3v) is 4.03. The van der Waals surface area contributed by atoms with Crippen molar-refractivity contribution in [1.82, 2.24) is 15.3 Å². The summed E-state index contributed by atoms with van der Waals surface area (Å²) in [6, 6.07) is 5.84. The molecular weight excluding hydrogens is 330 g/mol. The molecule has 7 nitrogen and oxygen atoms in total. The van der Waals surface area contributed by atoms with E-state index in [1.165, 1.54) is 18.0 Å². The van der Waals surface area contributed by atoms with E-state index in [-0.39, 0.29) is 11.6 Å². The van der Waals surface area contributed by atoms with Crippen molar-refractivity contribution in [3.05, 3.63) is 41.6 Å². The molecule has 126 valence electrons. The van der Waals surface area contributed by atoms with Gasteiger partial charge in [0, 0.05) is 13.7 Å². The van der Waals surface area contributed by atoms with Crippen LogP contribution in [0.5, 0.6) is 0 Å². The molecule has 0 aliphatic heterocycles. The van der Waals surface area contributed by atoms with Crippen molar-refractivity contribution < 1.29 is 18.4 Å². The van der Waals surface area contributed by atoms with E-state index in [2.05, 4.69) is 15.3 Å². The SMILES string of the molecule is COCCNC(=O)c1coc(CSc2nc3cc(C)ccc3o2)n1. The van der Waals surface area contributed by atoms with E-state index in [0.29, 0.717) is 30.0 Å². The first kappa shape index (κ1) is 16.5. The number of hydrogen-bond donors (Lipinski definition) is 1. The Balaban J connectivity index is 1.59. The van der Waals surface area contributed by atoms with E-state index < -0.39 is 0 Å². The number of carbonyl (C=O) groups is 1. The summed E-state index contributed by atoms with van der Waals surface area (Å²) >= 11 is 1.37. The molecule has 2 heterocycles. The van der Waals surface area contributed by atoms with Gasteiger partial charge in [-0.15, -0.1) is 0 Å². The number of methoxy groups -OCH3 is 1. The van der Waals surface area contributed by atoms with Gasteiger partial charge in [-0.1, -0.05) is 17.8 Å². The lowest BCUT2D eigenvalue weighted by molar-refractivity contribution is 0.0932. The molecule has 0 fully saturated rings. The molecule has 0 unspecified atom stereocenters. The first-order valence-electron chi connectivity index (χ1n) is 7.37. The second-order valence-electron chi connectivity index (χ2n) is 5.11. The number of nitrogens with zero attached hydrogens (tertiary/aromatic N) is 2. The zero-order chi connectivity index (χ0) is 16.9. The quantitative estimate of drug-likeness (QED) is 0.519. The van der Waals surface area contributed by atoms with Crippen LogP contribution in [-0.4, -0.2) is 36.1 Å². The number of thioether (sulfide) groups is 1. The highest BCUT2D eigenvalue weighted by Gasteiger charge is 2.13. The molecule has 0 radical (unpaired) electrons. The summed E-state index contributed by atoms with van der Waals surface area (Å²) in [6.07, 6.45) is 1.34. The number of nitrogens with one attached hydrogen (secondary N) is 1. The normalized spacial score (nSPS) is 11.1. The predicted octanol–water partition coefficient (Wildman–Crippen LogP) is 2.79. The van der Waals surface area contributed by atoms with Crippen molar-refractivity contribution in [2.24, 2.45) is 0 Å². The van der Waals surface area contributed by atoms with Gasteiger partial charge in [0.15, 0.2) is 11.3 Å². The number of carbonyl (C=O) groups excluding carboxylic acids is 1. The molecule has 2 aromatic heterocycles. The molecular formula is C16H17N3O4S. The fourth-order valence-corrected chi connectivity index (χ4v) is 2.73. The topological polar surface area (TPSA) is 90.4 Å². The van der Waals surface area contributed by atoms with Gasteiger partial charge in [0.25, 0.3) is 11.1 Å². The highest BCUT2D eigenvalue weighted by atomic mass is 32.2. The third-order valence-electron chi connectivity index (χ3n) is 3.22. The number of oxazole rings is 2. The van der Waals surface area contributed by atoms with Crippen LogP contribution in [0.15, 0.2) is 38.5 Å². The van der Waals surface area contributed by atoms with Crippen LogP contribution < -0.4 is 5.32 Å². The third kappa shape index (κ3) is 3.95. The molecule has 0 saturated heterocycles. The van der Waals surface area contributed by atoms with Gasteiger partial charge in [0.1, 0.15) is 11.8 Å². The maximum absolute atomic E-state index is 11.8. The van der Waals surface area contributed by atoms with Crippen molar-refractivity contribution >= 4 is 28.8 Å². The van der Waals surface area contributed by atoms with Crippen LogP contribution in [-0.2, 0) is 10.5 Å². The summed E-state index contributed by atoms with van der Waals surface area (Å²) in [5.74, 6) is 0.580. The van der Waals surface area contributed by atoms with E-state index in [9.17, 15) is 4.79 Å². The molecule has 3 aromatic rings. The van der Waals surface area contributed by atoms with Gasteiger partial charge in [-0.2, -0.15) is 0 Å². The molecule has 1 amide bonds. The fourth-order valence-electron chi connectivity index (χ4n) is 2.04. The van der Waals surface area contributed by atoms with Gasteiger partial charge in [-0.05, 0) is 24.6 Å². The molecule has 0 atom stereocenters. The summed E-state index contributed by atoms with van der Waals surface area (Å²) in [7, 11) is 1.57. The van der Waals surface area contributed by atoms with Gasteiger partial charge >= 0.3 is 0 Å². The van der Waals surface area contributed by atoms with Gasteiger partial charge in [0.05, 0.1) is 12.4 Å². The first-order chi connectivity index (χ1) is 11.7. The zero-order valence-electron chi connectivity index (χ0n) is 13.4. The minimum Gasteiger partial charge on any atom is -0.447 e. The maximum atomic E-state index is 11.8. The molecule has 0 aliphatic rings. The minimum atomic E-state index is -0.288. The van der Waals surface area contributed by atoms with Crippen molar-refractivity contribution in [3.63, 3.8) is 0 Å². The number of aryl methyl sites for hydroxylation is 1. The molecule has 24 heavy (non-hydrogen) atoms. The number of hydrogen-bond acceptors (Lipinski definition) is 7. The smallest absolute Gasteiger partial charge is 0.273 e. The number of rotatable bonds is 7. The Morgan fingerprint density at radius 2 is 2.25 bits per heavy atom. The molecule has 8 heteroatoms.